The fourth-order valence-electron chi connectivity index (χ4n) is 2.45. The molecule has 0 radical (unpaired) electrons. The lowest BCUT2D eigenvalue weighted by Gasteiger charge is -2.25. The second-order valence-electron chi connectivity index (χ2n) is 6.15. The molecule has 0 aromatic carbocycles. The Morgan fingerprint density at radius 2 is 1.95 bits per heavy atom. The van der Waals surface area contributed by atoms with E-state index in [4.69, 9.17) is 0 Å². The molecule has 2 saturated carbocycles. The summed E-state index contributed by atoms with van der Waals surface area (Å²) in [6.07, 6.45) is 5.16. The van der Waals surface area contributed by atoms with Crippen LogP contribution in [0.2, 0.25) is 0 Å². The number of anilines is 2. The zero-order valence-electron chi connectivity index (χ0n) is 12.7. The Hall–Kier alpha value is -1.36. The van der Waals surface area contributed by atoms with Crippen molar-refractivity contribution < 1.29 is 0 Å². The van der Waals surface area contributed by atoms with E-state index in [1.165, 1.54) is 25.7 Å². The first-order chi connectivity index (χ1) is 9.67. The second kappa shape index (κ2) is 5.56. The van der Waals surface area contributed by atoms with Gasteiger partial charge in [-0.3, -0.25) is 4.90 Å². The van der Waals surface area contributed by atoms with Crippen LogP contribution in [0, 0.1) is 0 Å². The lowest BCUT2D eigenvalue weighted by Crippen LogP contribution is -2.36. The Bertz CT molecular complexity index is 467. The summed E-state index contributed by atoms with van der Waals surface area (Å²) in [4.78, 5) is 11.7. The van der Waals surface area contributed by atoms with E-state index < -0.39 is 0 Å². The highest BCUT2D eigenvalue weighted by atomic mass is 15.2. The highest BCUT2D eigenvalue weighted by molar-refractivity contribution is 5.48. The van der Waals surface area contributed by atoms with E-state index in [0.717, 1.165) is 30.0 Å². The zero-order valence-corrected chi connectivity index (χ0v) is 12.7. The highest BCUT2D eigenvalue weighted by Gasteiger charge is 2.29. The van der Waals surface area contributed by atoms with Gasteiger partial charge in [0.15, 0.2) is 0 Å². The van der Waals surface area contributed by atoms with Gasteiger partial charge in [-0.25, -0.2) is 9.97 Å². The third-order valence-corrected chi connectivity index (χ3v) is 4.34. The van der Waals surface area contributed by atoms with E-state index in [0.29, 0.717) is 12.0 Å². The van der Waals surface area contributed by atoms with Crippen molar-refractivity contribution >= 4 is 11.6 Å². The highest BCUT2D eigenvalue weighted by Crippen LogP contribution is 2.38. The average Bonchev–Trinajstić information content (AvgIpc) is 3.33. The Balaban J connectivity index is 1.62. The molecular weight excluding hydrogens is 250 g/mol. The number of nitrogens with zero attached hydrogens (tertiary/aromatic N) is 3. The van der Waals surface area contributed by atoms with Crippen LogP contribution in [-0.2, 0) is 0 Å². The maximum atomic E-state index is 4.65. The van der Waals surface area contributed by atoms with Crippen LogP contribution in [0.15, 0.2) is 6.07 Å². The Morgan fingerprint density at radius 1 is 1.25 bits per heavy atom. The third kappa shape index (κ3) is 3.20. The molecule has 2 aliphatic rings. The molecule has 0 bridgehead atoms. The van der Waals surface area contributed by atoms with Gasteiger partial charge in [-0.2, -0.15) is 0 Å². The van der Waals surface area contributed by atoms with Crippen LogP contribution in [0.5, 0.6) is 0 Å². The molecule has 0 saturated heterocycles. The van der Waals surface area contributed by atoms with Crippen LogP contribution in [0.25, 0.3) is 0 Å². The van der Waals surface area contributed by atoms with Gasteiger partial charge in [-0.05, 0) is 39.7 Å². The first-order valence-corrected chi connectivity index (χ1v) is 7.70. The maximum absolute atomic E-state index is 4.65. The lowest BCUT2D eigenvalue weighted by molar-refractivity contribution is 0.257. The number of hydrogen-bond acceptors (Lipinski definition) is 5. The molecule has 2 N–H and O–H groups in total. The third-order valence-electron chi connectivity index (χ3n) is 4.34. The molecule has 0 aliphatic heterocycles. The Morgan fingerprint density at radius 3 is 2.55 bits per heavy atom. The first kappa shape index (κ1) is 13.6. The summed E-state index contributed by atoms with van der Waals surface area (Å²) in [7, 11) is 4.13. The van der Waals surface area contributed by atoms with E-state index in [2.05, 4.69) is 39.5 Å². The molecular formula is C15H25N5. The van der Waals surface area contributed by atoms with Crippen LogP contribution in [0.4, 0.5) is 11.6 Å². The standard InChI is InChI=1S/C15H25N5/c1-10(20(3)12-6-7-12)9-17-14-8-13(16-2)18-15(19-14)11-4-5-11/h8,10-12H,4-7,9H2,1-3H3,(H2,16,17,18,19). The van der Waals surface area contributed by atoms with Crippen molar-refractivity contribution in [2.24, 2.45) is 0 Å². The minimum Gasteiger partial charge on any atom is -0.373 e. The smallest absolute Gasteiger partial charge is 0.136 e. The number of likely N-dealkylation sites (N-methyl/N-ethyl adjacent to an activating group) is 1. The number of aromatic nitrogens is 2. The topological polar surface area (TPSA) is 53.1 Å². The molecule has 1 aromatic rings. The van der Waals surface area contributed by atoms with E-state index in [1.54, 1.807) is 0 Å². The van der Waals surface area contributed by atoms with Crippen molar-refractivity contribution in [1.82, 2.24) is 14.9 Å². The summed E-state index contributed by atoms with van der Waals surface area (Å²) in [5.74, 6) is 3.42. The largest absolute Gasteiger partial charge is 0.373 e. The molecule has 1 unspecified atom stereocenters. The van der Waals surface area contributed by atoms with Gasteiger partial charge >= 0.3 is 0 Å². The molecule has 2 aliphatic carbocycles. The van der Waals surface area contributed by atoms with Crippen LogP contribution in [0.3, 0.4) is 0 Å². The second-order valence-corrected chi connectivity index (χ2v) is 6.15. The van der Waals surface area contributed by atoms with Crippen molar-refractivity contribution in [2.75, 3.05) is 31.3 Å². The molecule has 110 valence electrons. The van der Waals surface area contributed by atoms with Gasteiger partial charge in [-0.15, -0.1) is 0 Å². The van der Waals surface area contributed by atoms with Crippen molar-refractivity contribution in [3.8, 4) is 0 Å². The van der Waals surface area contributed by atoms with Crippen molar-refractivity contribution in [3.05, 3.63) is 11.9 Å². The molecule has 20 heavy (non-hydrogen) atoms. The summed E-state index contributed by atoms with van der Waals surface area (Å²) >= 11 is 0. The quantitative estimate of drug-likeness (QED) is 0.799. The molecule has 1 atom stereocenters. The van der Waals surface area contributed by atoms with Crippen molar-refractivity contribution in [2.45, 2.75) is 50.6 Å². The zero-order chi connectivity index (χ0) is 14.1. The molecule has 1 aromatic heterocycles. The van der Waals surface area contributed by atoms with Gasteiger partial charge in [0.2, 0.25) is 0 Å². The molecule has 3 rings (SSSR count). The summed E-state index contributed by atoms with van der Waals surface area (Å²) in [6, 6.07) is 3.32. The minimum atomic E-state index is 0.528. The first-order valence-electron chi connectivity index (χ1n) is 7.70. The van der Waals surface area contributed by atoms with Gasteiger partial charge in [0.25, 0.3) is 0 Å². The number of rotatable bonds is 7. The van der Waals surface area contributed by atoms with Crippen LogP contribution >= 0.6 is 0 Å². The molecule has 5 heteroatoms. The Kier molecular flexibility index (Phi) is 3.78. The predicted molar refractivity (Wildman–Crippen MR) is 82.3 cm³/mol. The fraction of sp³-hybridized carbons (Fsp3) is 0.733. The van der Waals surface area contributed by atoms with Gasteiger partial charge < -0.3 is 10.6 Å². The summed E-state index contributed by atoms with van der Waals surface area (Å²) in [5, 5.41) is 6.60. The SMILES string of the molecule is CNc1cc(NCC(C)N(C)C2CC2)nc(C2CC2)n1. The normalized spacial score (nSPS) is 20.0. The van der Waals surface area contributed by atoms with Gasteiger partial charge in [-0.1, -0.05) is 0 Å². The van der Waals surface area contributed by atoms with Gasteiger partial charge in [0.1, 0.15) is 17.5 Å². The monoisotopic (exact) mass is 275 g/mol. The summed E-state index contributed by atoms with van der Waals surface area (Å²) in [6.45, 7) is 3.20. The van der Waals surface area contributed by atoms with Crippen LogP contribution in [-0.4, -0.2) is 47.6 Å². The maximum Gasteiger partial charge on any atom is 0.136 e. The fourth-order valence-corrected chi connectivity index (χ4v) is 2.45. The molecule has 0 amide bonds. The Labute approximate surface area is 121 Å². The summed E-state index contributed by atoms with van der Waals surface area (Å²) < 4.78 is 0. The molecule has 2 fully saturated rings. The summed E-state index contributed by atoms with van der Waals surface area (Å²) in [5.41, 5.74) is 0. The van der Waals surface area contributed by atoms with Crippen molar-refractivity contribution in [1.29, 1.82) is 0 Å². The van der Waals surface area contributed by atoms with E-state index >= 15 is 0 Å². The minimum absolute atomic E-state index is 0.528. The molecule has 5 nitrogen and oxygen atoms in total. The van der Waals surface area contributed by atoms with Crippen molar-refractivity contribution in [3.63, 3.8) is 0 Å². The molecule has 0 spiro atoms. The van der Waals surface area contributed by atoms with E-state index in [9.17, 15) is 0 Å². The lowest BCUT2D eigenvalue weighted by atomic mass is 10.3. The molecule has 1 heterocycles. The van der Waals surface area contributed by atoms with E-state index in [-0.39, 0.29) is 0 Å². The van der Waals surface area contributed by atoms with Crippen LogP contribution in [0.1, 0.15) is 44.3 Å². The van der Waals surface area contributed by atoms with Gasteiger partial charge in [0.05, 0.1) is 0 Å². The number of nitrogens with one attached hydrogen (secondary N) is 2. The average molecular weight is 275 g/mol. The van der Waals surface area contributed by atoms with Crippen LogP contribution < -0.4 is 10.6 Å². The van der Waals surface area contributed by atoms with E-state index in [1.807, 2.05) is 13.1 Å². The van der Waals surface area contributed by atoms with Gasteiger partial charge in [0, 0.05) is 37.7 Å². The predicted octanol–water partition coefficient (Wildman–Crippen LogP) is 2.29. The number of hydrogen-bond donors (Lipinski definition) is 2.